The van der Waals surface area contributed by atoms with Crippen LogP contribution in [0.3, 0.4) is 0 Å². The lowest BCUT2D eigenvalue weighted by atomic mass is 10.3. The molecule has 31 heavy (non-hydrogen) atoms. The van der Waals surface area contributed by atoms with E-state index in [1.54, 1.807) is 18.5 Å². The summed E-state index contributed by atoms with van der Waals surface area (Å²) in [6.45, 7) is 1.69. The van der Waals surface area contributed by atoms with E-state index in [4.69, 9.17) is 16.3 Å². The number of sulfonamides is 1. The molecule has 0 spiro atoms. The Bertz CT molecular complexity index is 1140. The number of nitrogens with zero attached hydrogens (tertiary/aromatic N) is 5. The number of ether oxygens (including phenoxy) is 1. The molecule has 1 N–H and O–H groups in total. The molecule has 9 nitrogen and oxygen atoms in total. The molecule has 11 heteroatoms. The van der Waals surface area contributed by atoms with Crippen molar-refractivity contribution in [2.45, 2.75) is 4.90 Å². The Morgan fingerprint density at radius 1 is 1.06 bits per heavy atom. The normalized spacial score (nSPS) is 15.0. The molecule has 162 valence electrons. The first-order valence-corrected chi connectivity index (χ1v) is 11.4. The van der Waals surface area contributed by atoms with E-state index in [9.17, 15) is 8.42 Å². The number of pyridine rings is 1. The van der Waals surface area contributed by atoms with E-state index in [0.29, 0.717) is 43.6 Å². The van der Waals surface area contributed by atoms with E-state index < -0.39 is 10.0 Å². The maximum atomic E-state index is 13.0. The third kappa shape index (κ3) is 4.71. The summed E-state index contributed by atoms with van der Waals surface area (Å²) in [6.07, 6.45) is 3.40. The average molecular weight is 461 g/mol. The van der Waals surface area contributed by atoms with Crippen LogP contribution in [0.15, 0.2) is 59.8 Å². The average Bonchev–Trinajstić information content (AvgIpc) is 2.80. The predicted octanol–water partition coefficient (Wildman–Crippen LogP) is 2.79. The molecule has 1 saturated heterocycles. The zero-order valence-electron chi connectivity index (χ0n) is 16.8. The van der Waals surface area contributed by atoms with Gasteiger partial charge in [-0.05, 0) is 42.5 Å². The van der Waals surface area contributed by atoms with Crippen LogP contribution in [-0.2, 0) is 10.0 Å². The van der Waals surface area contributed by atoms with Crippen molar-refractivity contribution in [2.24, 2.45) is 0 Å². The molecule has 0 amide bonds. The smallest absolute Gasteiger partial charge is 0.243 e. The van der Waals surface area contributed by atoms with Crippen molar-refractivity contribution in [1.82, 2.24) is 19.5 Å². The van der Waals surface area contributed by atoms with E-state index in [0.717, 1.165) is 5.69 Å². The molecule has 4 rings (SSSR count). The highest BCUT2D eigenvalue weighted by Gasteiger charge is 2.29. The maximum Gasteiger partial charge on any atom is 0.243 e. The summed E-state index contributed by atoms with van der Waals surface area (Å²) in [4.78, 5) is 6.21. The fourth-order valence-electron chi connectivity index (χ4n) is 3.26. The van der Waals surface area contributed by atoms with E-state index >= 15 is 0 Å². The first-order valence-electron chi connectivity index (χ1n) is 9.57. The van der Waals surface area contributed by atoms with Crippen LogP contribution in [0.5, 0.6) is 5.75 Å². The number of piperazine rings is 1. The molecule has 3 heterocycles. The van der Waals surface area contributed by atoms with Crippen molar-refractivity contribution in [2.75, 3.05) is 43.5 Å². The Hall–Kier alpha value is -2.95. The summed E-state index contributed by atoms with van der Waals surface area (Å²) in [7, 11) is -2.16. The van der Waals surface area contributed by atoms with Gasteiger partial charge in [-0.3, -0.25) is 4.98 Å². The van der Waals surface area contributed by atoms with Crippen molar-refractivity contribution in [1.29, 1.82) is 0 Å². The van der Waals surface area contributed by atoms with Crippen LogP contribution in [0.4, 0.5) is 17.3 Å². The second-order valence-electron chi connectivity index (χ2n) is 6.83. The minimum Gasteiger partial charge on any atom is -0.495 e. The quantitative estimate of drug-likeness (QED) is 0.599. The van der Waals surface area contributed by atoms with Gasteiger partial charge in [0.05, 0.1) is 28.9 Å². The lowest BCUT2D eigenvalue weighted by Gasteiger charge is -2.34. The number of hydrogen-bond donors (Lipinski definition) is 1. The highest BCUT2D eigenvalue weighted by atomic mass is 35.5. The van der Waals surface area contributed by atoms with Gasteiger partial charge in [0, 0.05) is 32.4 Å². The second-order valence-corrected chi connectivity index (χ2v) is 9.18. The second kappa shape index (κ2) is 9.04. The number of anilines is 3. The molecule has 3 aromatic rings. The van der Waals surface area contributed by atoms with Crippen LogP contribution in [0.2, 0.25) is 5.02 Å². The van der Waals surface area contributed by atoms with Crippen molar-refractivity contribution in [3.05, 3.63) is 59.9 Å². The number of aromatic nitrogens is 3. The highest BCUT2D eigenvalue weighted by Crippen LogP contribution is 2.29. The van der Waals surface area contributed by atoms with Gasteiger partial charge in [-0.15, -0.1) is 10.2 Å². The van der Waals surface area contributed by atoms with Gasteiger partial charge >= 0.3 is 0 Å². The van der Waals surface area contributed by atoms with Crippen LogP contribution in [-0.4, -0.2) is 61.2 Å². The molecule has 2 aromatic heterocycles. The highest BCUT2D eigenvalue weighted by molar-refractivity contribution is 7.89. The molecule has 1 fully saturated rings. The summed E-state index contributed by atoms with van der Waals surface area (Å²) in [5, 5.41) is 11.9. The minimum atomic E-state index is -3.64. The fourth-order valence-corrected chi connectivity index (χ4v) is 5.03. The third-order valence-corrected chi connectivity index (χ3v) is 7.10. The number of rotatable bonds is 6. The van der Waals surface area contributed by atoms with Gasteiger partial charge < -0.3 is 15.0 Å². The zero-order chi connectivity index (χ0) is 21.8. The number of halogens is 1. The molecule has 0 saturated carbocycles. The standard InChI is InChI=1S/C20H21ClN6O3S/c1-30-18-5-4-16(13-17(18)21)31(28,29)27-11-9-26(10-12-27)20-7-6-19(24-25-20)23-15-3-2-8-22-14-15/h2-8,13-14H,9-12H2,1H3,(H,23,24). The zero-order valence-corrected chi connectivity index (χ0v) is 18.3. The van der Waals surface area contributed by atoms with Crippen LogP contribution >= 0.6 is 11.6 Å². The van der Waals surface area contributed by atoms with Gasteiger partial charge in [0.2, 0.25) is 10.0 Å². The van der Waals surface area contributed by atoms with E-state index in [2.05, 4.69) is 20.5 Å². The summed E-state index contributed by atoms with van der Waals surface area (Å²) in [6, 6.07) is 11.9. The lowest BCUT2D eigenvalue weighted by molar-refractivity contribution is 0.383. The van der Waals surface area contributed by atoms with Gasteiger partial charge in [0.1, 0.15) is 5.75 Å². The number of nitrogens with one attached hydrogen (secondary N) is 1. The summed E-state index contributed by atoms with van der Waals surface area (Å²) >= 11 is 6.10. The van der Waals surface area contributed by atoms with Crippen LogP contribution < -0.4 is 15.0 Å². The van der Waals surface area contributed by atoms with Gasteiger partial charge in [0.15, 0.2) is 11.6 Å². The SMILES string of the molecule is COc1ccc(S(=O)(=O)N2CCN(c3ccc(Nc4cccnc4)nn3)CC2)cc1Cl. The Balaban J connectivity index is 1.39. The van der Waals surface area contributed by atoms with Crippen molar-refractivity contribution in [3.63, 3.8) is 0 Å². The molecule has 0 unspecified atom stereocenters. The van der Waals surface area contributed by atoms with Crippen molar-refractivity contribution >= 4 is 38.9 Å². The van der Waals surface area contributed by atoms with Gasteiger partial charge in [-0.1, -0.05) is 11.6 Å². The monoisotopic (exact) mass is 460 g/mol. The predicted molar refractivity (Wildman–Crippen MR) is 119 cm³/mol. The molecule has 0 atom stereocenters. The van der Waals surface area contributed by atoms with E-state index in [1.165, 1.54) is 23.5 Å². The molecule has 1 aliphatic heterocycles. The van der Waals surface area contributed by atoms with E-state index in [-0.39, 0.29) is 9.92 Å². The molecular weight excluding hydrogens is 440 g/mol. The Labute approximate surface area is 185 Å². The number of benzene rings is 1. The Morgan fingerprint density at radius 3 is 2.48 bits per heavy atom. The fraction of sp³-hybridized carbons (Fsp3) is 0.250. The maximum absolute atomic E-state index is 13.0. The Kier molecular flexibility index (Phi) is 6.21. The molecule has 0 aliphatic carbocycles. The number of methoxy groups -OCH3 is 1. The van der Waals surface area contributed by atoms with Crippen molar-refractivity contribution < 1.29 is 13.2 Å². The largest absolute Gasteiger partial charge is 0.495 e. The van der Waals surface area contributed by atoms with E-state index in [1.807, 2.05) is 29.2 Å². The molecule has 0 radical (unpaired) electrons. The minimum absolute atomic E-state index is 0.150. The third-order valence-electron chi connectivity index (χ3n) is 4.91. The Morgan fingerprint density at radius 2 is 1.87 bits per heavy atom. The van der Waals surface area contributed by atoms with Crippen LogP contribution in [0.25, 0.3) is 0 Å². The molecule has 0 bridgehead atoms. The topological polar surface area (TPSA) is 101 Å². The summed E-state index contributed by atoms with van der Waals surface area (Å²) in [5.74, 6) is 1.74. The first kappa shape index (κ1) is 21.3. The summed E-state index contributed by atoms with van der Waals surface area (Å²) in [5.41, 5.74) is 0.821. The van der Waals surface area contributed by atoms with Crippen LogP contribution in [0.1, 0.15) is 0 Å². The van der Waals surface area contributed by atoms with Gasteiger partial charge in [-0.25, -0.2) is 8.42 Å². The van der Waals surface area contributed by atoms with Crippen LogP contribution in [0, 0.1) is 0 Å². The molecular formula is C20H21ClN6O3S. The molecule has 1 aromatic carbocycles. The van der Waals surface area contributed by atoms with Gasteiger partial charge in [0.25, 0.3) is 0 Å². The number of hydrogen-bond acceptors (Lipinski definition) is 8. The first-order chi connectivity index (χ1) is 15.0. The molecule has 1 aliphatic rings. The summed E-state index contributed by atoms with van der Waals surface area (Å²) < 4.78 is 32.5. The van der Waals surface area contributed by atoms with Crippen molar-refractivity contribution in [3.8, 4) is 5.75 Å². The lowest BCUT2D eigenvalue weighted by Crippen LogP contribution is -2.49. The van der Waals surface area contributed by atoms with Gasteiger partial charge in [-0.2, -0.15) is 4.31 Å².